The molecule has 0 spiro atoms. The van der Waals surface area contributed by atoms with E-state index in [0.29, 0.717) is 11.8 Å². The lowest BCUT2D eigenvalue weighted by atomic mass is 9.67. The molecular weight excluding hydrogens is 338 g/mol. The average Bonchev–Trinajstić information content (AvgIpc) is 2.50. The highest BCUT2D eigenvalue weighted by Crippen LogP contribution is 2.40. The van der Waals surface area contributed by atoms with E-state index in [1.54, 1.807) is 0 Å². The van der Waals surface area contributed by atoms with Crippen molar-refractivity contribution in [3.63, 3.8) is 0 Å². The minimum atomic E-state index is -0.779. The molecule has 0 saturated heterocycles. The van der Waals surface area contributed by atoms with Crippen LogP contribution in [-0.4, -0.2) is 25.1 Å². The fraction of sp³-hybridized carbons (Fsp3) is 0.588. The lowest BCUT2D eigenvalue weighted by Gasteiger charge is -2.45. The third-order valence-corrected chi connectivity index (χ3v) is 5.16. The molecule has 1 amide bonds. The van der Waals surface area contributed by atoms with Crippen molar-refractivity contribution in [1.29, 1.82) is 0 Å². The van der Waals surface area contributed by atoms with Crippen LogP contribution in [0.5, 0.6) is 5.75 Å². The Morgan fingerprint density at radius 3 is 2.38 bits per heavy atom. The van der Waals surface area contributed by atoms with Crippen LogP contribution in [0.15, 0.2) is 12.1 Å². The van der Waals surface area contributed by atoms with Gasteiger partial charge in [0.15, 0.2) is 11.6 Å². The minimum Gasteiger partial charge on any atom is -0.493 e. The zero-order valence-electron chi connectivity index (χ0n) is 13.6. The van der Waals surface area contributed by atoms with Crippen molar-refractivity contribution < 1.29 is 18.3 Å². The maximum absolute atomic E-state index is 14.0. The summed E-state index contributed by atoms with van der Waals surface area (Å²) in [4.78, 5) is 12.5. The maximum Gasteiger partial charge on any atom is 0.258 e. The van der Waals surface area contributed by atoms with Crippen molar-refractivity contribution in [2.75, 3.05) is 7.11 Å². The van der Waals surface area contributed by atoms with Crippen LogP contribution in [0.1, 0.15) is 42.5 Å². The summed E-state index contributed by atoms with van der Waals surface area (Å²) in [5.74, 6) is -1.87. The van der Waals surface area contributed by atoms with Crippen LogP contribution in [-0.2, 0) is 0 Å². The second kappa shape index (κ2) is 7.66. The fourth-order valence-electron chi connectivity index (χ4n) is 4.19. The third-order valence-electron chi connectivity index (χ3n) is 5.16. The quantitative estimate of drug-likeness (QED) is 0.870. The van der Waals surface area contributed by atoms with Gasteiger partial charge in [-0.1, -0.05) is 6.42 Å². The van der Waals surface area contributed by atoms with Gasteiger partial charge in [0.25, 0.3) is 5.91 Å². The summed E-state index contributed by atoms with van der Waals surface area (Å²) >= 11 is 0. The van der Waals surface area contributed by atoms with Crippen LogP contribution < -0.4 is 15.8 Å². The fourth-order valence-corrected chi connectivity index (χ4v) is 4.19. The van der Waals surface area contributed by atoms with Crippen LogP contribution in [0.3, 0.4) is 0 Å². The number of benzene rings is 1. The Kier molecular flexibility index (Phi) is 6.04. The van der Waals surface area contributed by atoms with E-state index < -0.39 is 17.5 Å². The SMILES string of the molecule is COc1c(F)ccc(F)c1C(=O)NC1C2CCCC1CC(N)C2.Cl. The van der Waals surface area contributed by atoms with Crippen molar-refractivity contribution in [3.05, 3.63) is 29.3 Å². The number of methoxy groups -OCH3 is 1. The average molecular weight is 361 g/mol. The topological polar surface area (TPSA) is 64.3 Å². The zero-order valence-corrected chi connectivity index (χ0v) is 14.4. The van der Waals surface area contributed by atoms with Gasteiger partial charge in [-0.3, -0.25) is 4.79 Å². The number of fused-ring (bicyclic) bond motifs is 2. The first kappa shape index (κ1) is 18.9. The molecule has 2 bridgehead atoms. The third kappa shape index (κ3) is 3.49. The predicted molar refractivity (Wildman–Crippen MR) is 89.5 cm³/mol. The molecule has 2 unspecified atom stereocenters. The van der Waals surface area contributed by atoms with Gasteiger partial charge in [-0.15, -0.1) is 12.4 Å². The van der Waals surface area contributed by atoms with Crippen molar-refractivity contribution in [2.45, 2.75) is 44.2 Å². The molecule has 4 nitrogen and oxygen atoms in total. The molecule has 24 heavy (non-hydrogen) atoms. The van der Waals surface area contributed by atoms with Gasteiger partial charge >= 0.3 is 0 Å². The van der Waals surface area contributed by atoms with E-state index in [4.69, 9.17) is 10.5 Å². The molecule has 0 aromatic heterocycles. The van der Waals surface area contributed by atoms with Crippen LogP contribution in [0.2, 0.25) is 0 Å². The van der Waals surface area contributed by atoms with E-state index in [-0.39, 0.29) is 35.8 Å². The normalized spacial score (nSPS) is 28.7. The van der Waals surface area contributed by atoms with E-state index >= 15 is 0 Å². The number of carbonyl (C=O) groups excluding carboxylic acids is 1. The van der Waals surface area contributed by atoms with Gasteiger partial charge < -0.3 is 15.8 Å². The van der Waals surface area contributed by atoms with Crippen molar-refractivity contribution in [1.82, 2.24) is 5.32 Å². The number of nitrogens with two attached hydrogens (primary N) is 1. The molecular formula is C17H23ClF2N2O2. The van der Waals surface area contributed by atoms with E-state index in [2.05, 4.69) is 5.32 Å². The minimum absolute atomic E-state index is 0. The Morgan fingerprint density at radius 2 is 1.79 bits per heavy atom. The van der Waals surface area contributed by atoms with Gasteiger partial charge in [0.1, 0.15) is 11.4 Å². The number of ether oxygens (including phenoxy) is 1. The summed E-state index contributed by atoms with van der Waals surface area (Å²) in [6, 6.07) is 2.05. The standard InChI is InChI=1S/C17H22F2N2O2.ClH/c1-23-16-13(19)6-5-12(18)14(16)17(22)21-15-9-3-2-4-10(15)8-11(20)7-9;/h5-6,9-11,15H,2-4,7-8,20H2,1H3,(H,21,22);1H. The number of amides is 1. The van der Waals surface area contributed by atoms with Crippen LogP contribution in [0, 0.1) is 23.5 Å². The smallest absolute Gasteiger partial charge is 0.258 e. The van der Waals surface area contributed by atoms with Crippen LogP contribution in [0.25, 0.3) is 0 Å². The molecule has 2 saturated carbocycles. The summed E-state index contributed by atoms with van der Waals surface area (Å²) in [6.45, 7) is 0. The van der Waals surface area contributed by atoms with Crippen molar-refractivity contribution in [3.8, 4) is 5.75 Å². The highest BCUT2D eigenvalue weighted by molar-refractivity contribution is 5.97. The van der Waals surface area contributed by atoms with Gasteiger partial charge in [-0.05, 0) is 49.7 Å². The summed E-state index contributed by atoms with van der Waals surface area (Å²) in [6.07, 6.45) is 4.89. The number of hydrogen-bond acceptors (Lipinski definition) is 3. The number of hydrogen-bond donors (Lipinski definition) is 2. The summed E-state index contributed by atoms with van der Waals surface area (Å²) in [7, 11) is 1.23. The molecule has 2 atom stereocenters. The Hall–Kier alpha value is -1.40. The Labute approximate surface area is 146 Å². The first-order chi connectivity index (χ1) is 11.0. The molecule has 7 heteroatoms. The van der Waals surface area contributed by atoms with Crippen LogP contribution >= 0.6 is 12.4 Å². The van der Waals surface area contributed by atoms with Crippen molar-refractivity contribution in [2.24, 2.45) is 17.6 Å². The number of rotatable bonds is 3. The van der Waals surface area contributed by atoms with Gasteiger partial charge in [-0.2, -0.15) is 0 Å². The first-order valence-corrected chi connectivity index (χ1v) is 8.09. The lowest BCUT2D eigenvalue weighted by Crippen LogP contribution is -2.53. The zero-order chi connectivity index (χ0) is 16.6. The van der Waals surface area contributed by atoms with Crippen LogP contribution in [0.4, 0.5) is 8.78 Å². The number of nitrogens with one attached hydrogen (secondary N) is 1. The summed E-state index contributed by atoms with van der Waals surface area (Å²) in [5, 5.41) is 2.92. The molecule has 3 rings (SSSR count). The lowest BCUT2D eigenvalue weighted by molar-refractivity contribution is 0.0749. The molecule has 1 aromatic rings. The molecule has 3 N–H and O–H groups in total. The Bertz CT molecular complexity index is 600. The second-order valence-electron chi connectivity index (χ2n) is 6.62. The second-order valence-corrected chi connectivity index (χ2v) is 6.62. The Balaban J connectivity index is 0.00000208. The molecule has 134 valence electrons. The number of carbonyl (C=O) groups is 1. The molecule has 0 radical (unpaired) electrons. The maximum atomic E-state index is 14.0. The molecule has 2 fully saturated rings. The van der Waals surface area contributed by atoms with Gasteiger partial charge in [0, 0.05) is 12.1 Å². The molecule has 0 aliphatic heterocycles. The van der Waals surface area contributed by atoms with Gasteiger partial charge in [0.05, 0.1) is 7.11 Å². The van der Waals surface area contributed by atoms with Gasteiger partial charge in [0.2, 0.25) is 0 Å². The molecule has 2 aliphatic carbocycles. The first-order valence-electron chi connectivity index (χ1n) is 8.09. The van der Waals surface area contributed by atoms with E-state index in [1.165, 1.54) is 7.11 Å². The molecule has 1 aromatic carbocycles. The highest BCUT2D eigenvalue weighted by atomic mass is 35.5. The number of halogens is 3. The highest BCUT2D eigenvalue weighted by Gasteiger charge is 2.40. The van der Waals surface area contributed by atoms with Crippen molar-refractivity contribution >= 4 is 18.3 Å². The Morgan fingerprint density at radius 1 is 1.21 bits per heavy atom. The monoisotopic (exact) mass is 360 g/mol. The predicted octanol–water partition coefficient (Wildman–Crippen LogP) is 3.03. The summed E-state index contributed by atoms with van der Waals surface area (Å²) in [5.41, 5.74) is 5.72. The molecule has 2 aliphatic rings. The summed E-state index contributed by atoms with van der Waals surface area (Å²) < 4.78 is 32.7. The van der Waals surface area contributed by atoms with E-state index in [0.717, 1.165) is 44.2 Å². The largest absolute Gasteiger partial charge is 0.493 e. The van der Waals surface area contributed by atoms with E-state index in [1.807, 2.05) is 0 Å². The van der Waals surface area contributed by atoms with E-state index in [9.17, 15) is 13.6 Å². The van der Waals surface area contributed by atoms with Gasteiger partial charge in [-0.25, -0.2) is 8.78 Å². The molecule has 0 heterocycles.